The van der Waals surface area contributed by atoms with Crippen molar-refractivity contribution in [2.75, 3.05) is 13.2 Å². The van der Waals surface area contributed by atoms with Gasteiger partial charge in [0.2, 0.25) is 0 Å². The van der Waals surface area contributed by atoms with E-state index in [9.17, 15) is 14.9 Å². The second-order valence-corrected chi connectivity index (χ2v) is 4.66. The van der Waals surface area contributed by atoms with Crippen LogP contribution in [-0.2, 0) is 14.2 Å². The van der Waals surface area contributed by atoms with Gasteiger partial charge in [0.25, 0.3) is 0 Å². The average molecular weight is 260 g/mol. The second-order valence-electron chi connectivity index (χ2n) is 4.66. The quantitative estimate of drug-likeness (QED) is 0.419. The topological polar surface area (TPSA) is 90.9 Å². The van der Waals surface area contributed by atoms with Crippen molar-refractivity contribution >= 4 is 6.09 Å². The summed E-state index contributed by atoms with van der Waals surface area (Å²) < 4.78 is 15.7. The van der Waals surface area contributed by atoms with Crippen molar-refractivity contribution in [1.29, 1.82) is 0 Å². The van der Waals surface area contributed by atoms with E-state index < -0.39 is 35.1 Å². The van der Waals surface area contributed by atoms with Crippen molar-refractivity contribution in [1.82, 2.24) is 4.90 Å². The van der Waals surface area contributed by atoms with Gasteiger partial charge in [0, 0.05) is 4.92 Å². The predicted octanol–water partition coefficient (Wildman–Crippen LogP) is 0.581. The van der Waals surface area contributed by atoms with Gasteiger partial charge in [-0.2, -0.15) is 0 Å². The Morgan fingerprint density at radius 2 is 2.28 bits per heavy atom. The number of nitrogens with zero attached hydrogens (tertiary/aromatic N) is 2. The maximum atomic E-state index is 11.6. The number of hydrogen-bond acceptors (Lipinski definition) is 6. The Morgan fingerprint density at radius 3 is 2.72 bits per heavy atom. The Bertz CT molecular complexity index is 371. The number of hydrogen-bond donors (Lipinski definition) is 0. The Morgan fingerprint density at radius 1 is 1.61 bits per heavy atom. The van der Waals surface area contributed by atoms with Crippen LogP contribution in [0.15, 0.2) is 0 Å². The third-order valence-corrected chi connectivity index (χ3v) is 2.93. The van der Waals surface area contributed by atoms with Gasteiger partial charge >= 0.3 is 12.3 Å². The SMILES string of the molecule is CCOC(=O)N1[C@@H]([C@H]2COC(C)(C)O2)[C@@H]1[N+](=O)[O-]. The summed E-state index contributed by atoms with van der Waals surface area (Å²) in [4.78, 5) is 23.0. The van der Waals surface area contributed by atoms with Crippen molar-refractivity contribution in [2.45, 2.75) is 44.9 Å². The van der Waals surface area contributed by atoms with Gasteiger partial charge < -0.3 is 14.2 Å². The average Bonchev–Trinajstić information content (AvgIpc) is 2.91. The monoisotopic (exact) mass is 260 g/mol. The molecule has 2 heterocycles. The Hall–Kier alpha value is -1.41. The molecule has 1 amide bonds. The molecule has 2 fully saturated rings. The lowest BCUT2D eigenvalue weighted by molar-refractivity contribution is -0.505. The lowest BCUT2D eigenvalue weighted by Crippen LogP contribution is -2.28. The summed E-state index contributed by atoms with van der Waals surface area (Å²) in [5, 5.41) is 10.9. The first-order valence-corrected chi connectivity index (χ1v) is 5.77. The van der Waals surface area contributed by atoms with Gasteiger partial charge in [-0.1, -0.05) is 0 Å². The summed E-state index contributed by atoms with van der Waals surface area (Å²) in [6.07, 6.45) is -2.25. The van der Waals surface area contributed by atoms with E-state index in [-0.39, 0.29) is 13.2 Å². The van der Waals surface area contributed by atoms with Gasteiger partial charge in [-0.15, -0.1) is 0 Å². The van der Waals surface area contributed by atoms with Gasteiger partial charge in [-0.05, 0) is 20.8 Å². The van der Waals surface area contributed by atoms with Crippen molar-refractivity contribution in [3.8, 4) is 0 Å². The molecule has 0 spiro atoms. The first-order valence-electron chi connectivity index (χ1n) is 5.77. The summed E-state index contributed by atoms with van der Waals surface area (Å²) in [6, 6.07) is -0.610. The molecule has 0 unspecified atom stereocenters. The van der Waals surface area contributed by atoms with Crippen molar-refractivity contribution in [3.05, 3.63) is 10.1 Å². The van der Waals surface area contributed by atoms with Crippen LogP contribution in [0.4, 0.5) is 4.79 Å². The van der Waals surface area contributed by atoms with Crippen LogP contribution in [0, 0.1) is 10.1 Å². The Balaban J connectivity index is 2.04. The van der Waals surface area contributed by atoms with Crippen LogP contribution in [0.3, 0.4) is 0 Å². The molecule has 0 aliphatic carbocycles. The van der Waals surface area contributed by atoms with Crippen LogP contribution in [-0.4, -0.2) is 53.2 Å². The number of nitro groups is 1. The molecule has 18 heavy (non-hydrogen) atoms. The molecule has 8 nitrogen and oxygen atoms in total. The molecule has 0 N–H and O–H groups in total. The predicted molar refractivity (Wildman–Crippen MR) is 58.3 cm³/mol. The van der Waals surface area contributed by atoms with Crippen LogP contribution in [0.5, 0.6) is 0 Å². The molecule has 2 saturated heterocycles. The zero-order valence-electron chi connectivity index (χ0n) is 10.5. The van der Waals surface area contributed by atoms with Crippen LogP contribution in [0.1, 0.15) is 20.8 Å². The molecule has 2 aliphatic rings. The minimum atomic E-state index is -1.08. The van der Waals surface area contributed by atoms with Crippen LogP contribution < -0.4 is 0 Å². The maximum Gasteiger partial charge on any atom is 0.415 e. The maximum absolute atomic E-state index is 11.6. The zero-order chi connectivity index (χ0) is 13.5. The van der Waals surface area contributed by atoms with E-state index in [1.165, 1.54) is 0 Å². The molecule has 2 aliphatic heterocycles. The summed E-state index contributed by atoms with van der Waals surface area (Å²) in [5.41, 5.74) is 0. The van der Waals surface area contributed by atoms with E-state index in [1.807, 2.05) is 0 Å². The number of rotatable bonds is 3. The van der Waals surface area contributed by atoms with E-state index in [4.69, 9.17) is 14.2 Å². The highest BCUT2D eigenvalue weighted by Crippen LogP contribution is 2.38. The molecule has 0 bridgehead atoms. The molecule has 102 valence electrons. The van der Waals surface area contributed by atoms with Crippen LogP contribution >= 0.6 is 0 Å². The summed E-state index contributed by atoms with van der Waals surface area (Å²) >= 11 is 0. The molecule has 0 radical (unpaired) electrons. The molecule has 0 aromatic heterocycles. The molecule has 3 atom stereocenters. The minimum absolute atomic E-state index is 0.181. The van der Waals surface area contributed by atoms with Gasteiger partial charge in [0.05, 0.1) is 13.2 Å². The molecule has 2 rings (SSSR count). The highest BCUT2D eigenvalue weighted by Gasteiger charge is 2.67. The van der Waals surface area contributed by atoms with Crippen molar-refractivity contribution in [2.24, 2.45) is 0 Å². The zero-order valence-corrected chi connectivity index (χ0v) is 10.5. The van der Waals surface area contributed by atoms with Gasteiger partial charge in [0.15, 0.2) is 11.8 Å². The smallest absolute Gasteiger partial charge is 0.415 e. The minimum Gasteiger partial charge on any atom is -0.450 e. The van der Waals surface area contributed by atoms with E-state index in [1.54, 1.807) is 20.8 Å². The fraction of sp³-hybridized carbons (Fsp3) is 0.900. The molecular formula is C10H16N2O6. The summed E-state index contributed by atoms with van der Waals surface area (Å²) in [7, 11) is 0. The third-order valence-electron chi connectivity index (χ3n) is 2.93. The van der Waals surface area contributed by atoms with Gasteiger partial charge in [-0.25, -0.2) is 9.69 Å². The number of amides is 1. The fourth-order valence-corrected chi connectivity index (χ4v) is 2.15. The molecule has 8 heteroatoms. The van der Waals surface area contributed by atoms with Crippen molar-refractivity contribution < 1.29 is 23.9 Å². The van der Waals surface area contributed by atoms with E-state index in [2.05, 4.69) is 0 Å². The Labute approximate surface area is 104 Å². The first kappa shape index (κ1) is 13.0. The normalized spacial score (nSPS) is 33.3. The van der Waals surface area contributed by atoms with Crippen LogP contribution in [0.2, 0.25) is 0 Å². The second kappa shape index (κ2) is 4.36. The molecule has 0 aromatic rings. The van der Waals surface area contributed by atoms with E-state index in [0.717, 1.165) is 4.90 Å². The molecule has 0 aromatic carbocycles. The third kappa shape index (κ3) is 2.25. The number of ether oxygens (including phenoxy) is 3. The fourth-order valence-electron chi connectivity index (χ4n) is 2.15. The van der Waals surface area contributed by atoms with Crippen LogP contribution in [0.25, 0.3) is 0 Å². The van der Waals surface area contributed by atoms with Gasteiger partial charge in [0.1, 0.15) is 6.10 Å². The lowest BCUT2D eigenvalue weighted by atomic mass is 10.2. The first-order chi connectivity index (χ1) is 8.37. The number of carbonyl (C=O) groups is 1. The lowest BCUT2D eigenvalue weighted by Gasteiger charge is -2.16. The van der Waals surface area contributed by atoms with E-state index in [0.29, 0.717) is 0 Å². The largest absolute Gasteiger partial charge is 0.450 e. The Kier molecular flexibility index (Phi) is 3.16. The van der Waals surface area contributed by atoms with E-state index >= 15 is 0 Å². The molecular weight excluding hydrogens is 244 g/mol. The summed E-state index contributed by atoms with van der Waals surface area (Å²) in [6.45, 7) is 5.52. The highest BCUT2D eigenvalue weighted by molar-refractivity contribution is 5.71. The summed E-state index contributed by atoms with van der Waals surface area (Å²) in [5.74, 6) is -0.769. The standard InChI is InChI=1S/C10H16N2O6/c1-4-16-9(13)11-7(8(11)12(14)15)6-5-17-10(2,3)18-6/h6-8H,4-5H2,1-3H3/t6-,7+,8+,11?/m1/s1. The highest BCUT2D eigenvalue weighted by atomic mass is 16.7. The number of carbonyl (C=O) groups excluding carboxylic acids is 1. The molecule has 0 saturated carbocycles. The van der Waals surface area contributed by atoms with Gasteiger partial charge in [-0.3, -0.25) is 10.1 Å². The van der Waals surface area contributed by atoms with Crippen molar-refractivity contribution in [3.63, 3.8) is 0 Å².